The molecule has 0 aliphatic rings. The summed E-state index contributed by atoms with van der Waals surface area (Å²) in [7, 11) is 2.97. The Labute approximate surface area is 242 Å². The van der Waals surface area contributed by atoms with Crippen molar-refractivity contribution >= 4 is 54.0 Å². The summed E-state index contributed by atoms with van der Waals surface area (Å²) in [6.45, 7) is 0. The molecule has 0 nitrogen and oxygen atoms in total. The Morgan fingerprint density at radius 1 is 0.444 bits per heavy atom. The van der Waals surface area contributed by atoms with E-state index in [1.807, 2.05) is 0 Å². The van der Waals surface area contributed by atoms with Gasteiger partial charge in [0.15, 0.2) is 0 Å². The molecule has 0 saturated heterocycles. The maximum atomic E-state index is 2.97. The molecular weight excluding hydrogens is 531 g/mol. The molecule has 0 fully saturated rings. The molecule has 184 valence electrons. The van der Waals surface area contributed by atoms with Crippen molar-refractivity contribution in [2.24, 2.45) is 0 Å². The van der Waals surface area contributed by atoms with E-state index >= 15 is 0 Å². The molecule has 6 rings (SSSR count). The number of rotatable bonds is 2. The third-order valence-corrected chi connectivity index (χ3v) is 5.53. The first-order valence-electron chi connectivity index (χ1n) is 10.5. The Hall–Kier alpha value is -2.39. The van der Waals surface area contributed by atoms with Crippen LogP contribution in [0.25, 0.3) is 43.8 Å². The minimum atomic E-state index is 0. The topological polar surface area (TPSA) is 0 Å². The summed E-state index contributed by atoms with van der Waals surface area (Å²) in [4.78, 5) is 0. The fraction of sp³-hybridized carbons (Fsp3) is 0. The predicted molar refractivity (Wildman–Crippen MR) is 163 cm³/mol. The molecule has 0 saturated carbocycles. The smallest absolute Gasteiger partial charge is 0.0279 e. The SMILES string of the molecule is Cl.Cl.[CH3-].[CH3-].[Si]=[Ti].c1ccc(-c2cccc3[cH-]ccc23)cc1.c1ccc(-c2cccc3[cH-]ccc23)cc1. The standard InChI is InChI=1S/2C15H11.2CH3.2ClH.Si.Ti/c2*1-2-6-12(7-3-1)14-10-4-8-13-9-5-11-15(13)14;;;;;;/h2*1-11H;2*1H3;2*1H;;/q4*-1;;;;. The van der Waals surface area contributed by atoms with Crippen LogP contribution in [0.3, 0.4) is 0 Å². The van der Waals surface area contributed by atoms with Crippen LogP contribution in [-0.2, 0) is 19.2 Å². The van der Waals surface area contributed by atoms with Gasteiger partial charge in [-0.25, -0.2) is 0 Å². The first-order chi connectivity index (χ1) is 15.9. The molecule has 4 heteroatoms. The zero-order valence-corrected chi connectivity index (χ0v) is 24.7. The Morgan fingerprint density at radius 3 is 1.17 bits per heavy atom. The van der Waals surface area contributed by atoms with E-state index < -0.39 is 0 Å². The third-order valence-electron chi connectivity index (χ3n) is 5.53. The van der Waals surface area contributed by atoms with Gasteiger partial charge in [0.1, 0.15) is 0 Å². The van der Waals surface area contributed by atoms with Crippen LogP contribution >= 0.6 is 24.8 Å². The van der Waals surface area contributed by atoms with Crippen molar-refractivity contribution in [1.29, 1.82) is 0 Å². The van der Waals surface area contributed by atoms with Crippen LogP contribution in [0.1, 0.15) is 0 Å². The van der Waals surface area contributed by atoms with Crippen molar-refractivity contribution in [3.8, 4) is 22.3 Å². The van der Waals surface area contributed by atoms with Gasteiger partial charge < -0.3 is 14.9 Å². The molecule has 0 bridgehead atoms. The molecule has 0 atom stereocenters. The van der Waals surface area contributed by atoms with E-state index in [4.69, 9.17) is 0 Å². The van der Waals surface area contributed by atoms with Crippen LogP contribution in [0, 0.1) is 14.9 Å². The molecule has 6 aromatic carbocycles. The van der Waals surface area contributed by atoms with Crippen LogP contribution in [0.5, 0.6) is 0 Å². The molecule has 0 aromatic heterocycles. The second-order valence-electron chi connectivity index (χ2n) is 7.40. The minimum Gasteiger partial charge on any atom is -0.168 e. The van der Waals surface area contributed by atoms with Gasteiger partial charge in [0.2, 0.25) is 0 Å². The van der Waals surface area contributed by atoms with Crippen LogP contribution in [0.2, 0.25) is 0 Å². The van der Waals surface area contributed by atoms with Gasteiger partial charge >= 0.3 is 26.8 Å². The van der Waals surface area contributed by atoms with Gasteiger partial charge in [-0.15, -0.1) is 82.8 Å². The van der Waals surface area contributed by atoms with E-state index in [9.17, 15) is 0 Å². The number of halogens is 2. The molecule has 0 amide bonds. The Morgan fingerprint density at radius 2 is 0.806 bits per heavy atom. The van der Waals surface area contributed by atoms with Gasteiger partial charge in [-0.1, -0.05) is 83.9 Å². The van der Waals surface area contributed by atoms with E-state index in [0.717, 1.165) is 0 Å². The van der Waals surface area contributed by atoms with Crippen molar-refractivity contribution in [1.82, 2.24) is 0 Å². The Bertz CT molecular complexity index is 1300. The maximum absolute atomic E-state index is 2.97. The molecule has 0 aliphatic heterocycles. The molecule has 0 N–H and O–H groups in total. The summed E-state index contributed by atoms with van der Waals surface area (Å²) in [6.07, 6.45) is 0. The summed E-state index contributed by atoms with van der Waals surface area (Å²) in [5.74, 6) is 0. The van der Waals surface area contributed by atoms with Crippen LogP contribution in [-0.4, -0.2) is 7.63 Å². The minimum absolute atomic E-state index is 0. The Balaban J connectivity index is 0.000000577. The molecule has 0 heterocycles. The molecular formula is C32H30Cl2SiTi-4. The zero-order valence-electron chi connectivity index (χ0n) is 20.5. The third kappa shape index (κ3) is 7.80. The van der Waals surface area contributed by atoms with Gasteiger partial charge in [-0.2, -0.15) is 24.3 Å². The summed E-state index contributed by atoms with van der Waals surface area (Å²) in [5, 5.41) is 5.31. The van der Waals surface area contributed by atoms with Crippen molar-refractivity contribution in [2.45, 2.75) is 0 Å². The van der Waals surface area contributed by atoms with Crippen molar-refractivity contribution in [3.63, 3.8) is 0 Å². The van der Waals surface area contributed by atoms with Crippen molar-refractivity contribution in [3.05, 3.63) is 148 Å². The average molecular weight is 561 g/mol. The number of benzene rings is 4. The summed E-state index contributed by atoms with van der Waals surface area (Å²) < 4.78 is 0. The molecule has 0 unspecified atom stereocenters. The van der Waals surface area contributed by atoms with E-state index in [0.29, 0.717) is 0 Å². The first kappa shape index (κ1) is 33.6. The van der Waals surface area contributed by atoms with Crippen LogP contribution in [0.4, 0.5) is 0 Å². The van der Waals surface area contributed by atoms with Gasteiger partial charge in [-0.05, 0) is 11.1 Å². The maximum Gasteiger partial charge on any atom is -0.0279 e. The van der Waals surface area contributed by atoms with Gasteiger partial charge in [0.25, 0.3) is 0 Å². The number of fused-ring (bicyclic) bond motifs is 2. The van der Waals surface area contributed by atoms with Gasteiger partial charge in [-0.3, -0.25) is 0 Å². The molecule has 0 aliphatic carbocycles. The number of hydrogen-bond donors (Lipinski definition) is 0. The second-order valence-corrected chi connectivity index (χ2v) is 7.40. The monoisotopic (exact) mass is 560 g/mol. The van der Waals surface area contributed by atoms with Crippen molar-refractivity contribution in [2.75, 3.05) is 0 Å². The first-order valence-corrected chi connectivity index (χ1v) is 13.4. The summed E-state index contributed by atoms with van der Waals surface area (Å²) >= 11 is 1.81. The number of hydrogen-bond acceptors (Lipinski definition) is 0. The van der Waals surface area contributed by atoms with E-state index in [-0.39, 0.29) is 39.7 Å². The normalized spacial score (nSPS) is 8.97. The molecule has 0 spiro atoms. The second kappa shape index (κ2) is 17.1. The molecule has 36 heavy (non-hydrogen) atoms. The fourth-order valence-corrected chi connectivity index (χ4v) is 4.06. The van der Waals surface area contributed by atoms with E-state index in [1.165, 1.54) is 43.8 Å². The summed E-state index contributed by atoms with van der Waals surface area (Å²) in [5.41, 5.74) is 5.21. The van der Waals surface area contributed by atoms with Crippen LogP contribution in [0.15, 0.2) is 133 Å². The van der Waals surface area contributed by atoms with E-state index in [1.54, 1.807) is 19.2 Å². The largest absolute Gasteiger partial charge is 0.168 e. The van der Waals surface area contributed by atoms with E-state index in [2.05, 4.69) is 141 Å². The van der Waals surface area contributed by atoms with Crippen molar-refractivity contribution < 1.29 is 19.2 Å². The average Bonchev–Trinajstić information content (AvgIpc) is 3.56. The van der Waals surface area contributed by atoms with Crippen LogP contribution < -0.4 is 0 Å². The van der Waals surface area contributed by atoms with Gasteiger partial charge in [0, 0.05) is 0 Å². The molecule has 2 radical (unpaired) electrons. The van der Waals surface area contributed by atoms with Gasteiger partial charge in [0.05, 0.1) is 0 Å². The quantitative estimate of drug-likeness (QED) is 0.146. The predicted octanol–water partition coefficient (Wildman–Crippen LogP) is 9.81. The zero-order chi connectivity index (χ0) is 22.2. The Kier molecular flexibility index (Phi) is 16.0. The fourth-order valence-electron chi connectivity index (χ4n) is 4.06. The summed E-state index contributed by atoms with van der Waals surface area (Å²) in [6, 6.07) is 46.8. The molecule has 6 aromatic rings.